The van der Waals surface area contributed by atoms with Crippen molar-refractivity contribution >= 4 is 28.9 Å². The van der Waals surface area contributed by atoms with Crippen molar-refractivity contribution < 1.29 is 37.0 Å². The van der Waals surface area contributed by atoms with E-state index in [9.17, 15) is 32.3 Å². The van der Waals surface area contributed by atoms with Crippen LogP contribution in [0.4, 0.5) is 23.2 Å². The number of hydrogen-bond donors (Lipinski definition) is 2. The third-order valence-corrected chi connectivity index (χ3v) is 4.95. The molecule has 0 saturated carbocycles. The molecule has 1 amide bonds. The smallest absolute Gasteiger partial charge is 0.339 e. The molecule has 3 rings (SSSR count). The number of carbonyl (C=O) groups is 2. The number of rotatable bonds is 5. The van der Waals surface area contributed by atoms with Crippen LogP contribution in [-0.4, -0.2) is 24.1 Å². The zero-order valence-electron chi connectivity index (χ0n) is 14.6. The maximum Gasteiger partial charge on any atom is 0.339 e. The molecule has 0 atom stereocenters. The van der Waals surface area contributed by atoms with E-state index in [0.717, 1.165) is 30.6 Å². The van der Waals surface area contributed by atoms with Crippen molar-refractivity contribution in [2.24, 2.45) is 0 Å². The molecule has 0 unspecified atom stereocenters. The minimum absolute atomic E-state index is 0.185. The van der Waals surface area contributed by atoms with Gasteiger partial charge in [0.15, 0.2) is 17.4 Å². The molecular weight excluding hydrogens is 414 g/mol. The fourth-order valence-corrected chi connectivity index (χ4v) is 3.59. The van der Waals surface area contributed by atoms with Crippen molar-refractivity contribution in [3.63, 3.8) is 0 Å². The number of methoxy groups -OCH3 is 1. The van der Waals surface area contributed by atoms with E-state index in [1.54, 1.807) is 0 Å². The van der Waals surface area contributed by atoms with Crippen molar-refractivity contribution in [1.82, 2.24) is 0 Å². The van der Waals surface area contributed by atoms with E-state index < -0.39 is 46.5 Å². The molecule has 0 saturated heterocycles. The molecular formula is C19H11F4NO4S. The Labute approximate surface area is 165 Å². The van der Waals surface area contributed by atoms with Crippen LogP contribution in [0.3, 0.4) is 0 Å². The lowest BCUT2D eigenvalue weighted by Crippen LogP contribution is -2.17. The van der Waals surface area contributed by atoms with Crippen LogP contribution in [0.1, 0.15) is 20.7 Å². The number of carbonyl (C=O) groups excluding carboxylic acids is 1. The molecule has 0 fully saturated rings. The highest BCUT2D eigenvalue weighted by molar-refractivity contribution is 7.14. The van der Waals surface area contributed by atoms with E-state index in [4.69, 9.17) is 0 Å². The number of ether oxygens (including phenoxy) is 1. The third-order valence-electron chi connectivity index (χ3n) is 3.92. The first-order valence-corrected chi connectivity index (χ1v) is 8.76. The summed E-state index contributed by atoms with van der Waals surface area (Å²) in [7, 11) is 0.902. The van der Waals surface area contributed by atoms with Crippen LogP contribution in [0, 0.1) is 23.3 Å². The molecule has 0 aliphatic carbocycles. The molecule has 0 aliphatic heterocycles. The number of carboxylic acids is 1. The minimum atomic E-state index is -1.60. The molecule has 2 aromatic carbocycles. The molecule has 0 spiro atoms. The van der Waals surface area contributed by atoms with Crippen molar-refractivity contribution in [3.05, 3.63) is 70.1 Å². The molecule has 2 N–H and O–H groups in total. The number of benzene rings is 2. The Kier molecular flexibility index (Phi) is 5.55. The minimum Gasteiger partial charge on any atom is -0.491 e. The first-order chi connectivity index (χ1) is 13.7. The van der Waals surface area contributed by atoms with Gasteiger partial charge in [-0.15, -0.1) is 11.3 Å². The summed E-state index contributed by atoms with van der Waals surface area (Å²) in [5.41, 5.74) is -0.985. The van der Waals surface area contributed by atoms with Crippen LogP contribution in [-0.2, 0) is 0 Å². The summed E-state index contributed by atoms with van der Waals surface area (Å²) in [6.07, 6.45) is 0. The molecule has 0 radical (unpaired) electrons. The summed E-state index contributed by atoms with van der Waals surface area (Å²) < 4.78 is 59.0. The largest absolute Gasteiger partial charge is 0.491 e. The van der Waals surface area contributed by atoms with Gasteiger partial charge in [0.2, 0.25) is 5.82 Å². The lowest BCUT2D eigenvalue weighted by atomic mass is 10.1. The summed E-state index contributed by atoms with van der Waals surface area (Å²) in [6.45, 7) is 0. The molecule has 5 nitrogen and oxygen atoms in total. The summed E-state index contributed by atoms with van der Waals surface area (Å²) in [6, 6.07) is 5.35. The summed E-state index contributed by atoms with van der Waals surface area (Å²) >= 11 is 0.948. The second kappa shape index (κ2) is 7.92. The van der Waals surface area contributed by atoms with E-state index in [1.165, 1.54) is 17.5 Å². The monoisotopic (exact) mass is 425 g/mol. The van der Waals surface area contributed by atoms with Crippen LogP contribution in [0.25, 0.3) is 10.4 Å². The lowest BCUT2D eigenvalue weighted by Gasteiger charge is -2.10. The average Bonchev–Trinajstić information content (AvgIpc) is 3.09. The third kappa shape index (κ3) is 3.79. The number of nitrogens with one attached hydrogen (secondary N) is 1. The summed E-state index contributed by atoms with van der Waals surface area (Å²) in [5.74, 6) is -8.74. The lowest BCUT2D eigenvalue weighted by molar-refractivity contribution is 0.0699. The van der Waals surface area contributed by atoms with Gasteiger partial charge in [-0.05, 0) is 23.8 Å². The normalized spacial score (nSPS) is 10.7. The van der Waals surface area contributed by atoms with Gasteiger partial charge in [0.05, 0.1) is 23.2 Å². The first-order valence-electron chi connectivity index (χ1n) is 7.88. The van der Waals surface area contributed by atoms with Gasteiger partial charge in [-0.3, -0.25) is 4.79 Å². The van der Waals surface area contributed by atoms with Crippen LogP contribution in [0.15, 0.2) is 35.7 Å². The zero-order chi connectivity index (χ0) is 21.3. The van der Waals surface area contributed by atoms with E-state index in [2.05, 4.69) is 10.1 Å². The first kappa shape index (κ1) is 20.3. The van der Waals surface area contributed by atoms with Gasteiger partial charge in [-0.1, -0.05) is 12.1 Å². The molecule has 1 heterocycles. The highest BCUT2D eigenvalue weighted by Gasteiger charge is 2.26. The van der Waals surface area contributed by atoms with Crippen LogP contribution in [0.2, 0.25) is 0 Å². The number of thiophene rings is 1. The molecule has 3 aromatic rings. The van der Waals surface area contributed by atoms with Gasteiger partial charge in [-0.2, -0.15) is 4.39 Å². The van der Waals surface area contributed by atoms with Crippen molar-refractivity contribution in [2.75, 3.05) is 12.4 Å². The summed E-state index contributed by atoms with van der Waals surface area (Å²) in [5, 5.41) is 13.0. The zero-order valence-corrected chi connectivity index (χ0v) is 15.4. The molecule has 0 aliphatic rings. The number of carboxylic acid groups (broad SMARTS) is 1. The standard InChI is InChI=1S/C19H11F4NO4S/c1-28-16-14(22)10(6-11(21)15(16)23)18(25)24-12-7-29-17(13(12)19(26)27)8-2-4-9(20)5-3-8/h2-7H,1H3,(H,24,25)(H,26,27). The maximum atomic E-state index is 14.3. The molecule has 1 aromatic heterocycles. The topological polar surface area (TPSA) is 75.6 Å². The Balaban J connectivity index is 2.01. The fraction of sp³-hybridized carbons (Fsp3) is 0.0526. The van der Waals surface area contributed by atoms with Gasteiger partial charge in [0.1, 0.15) is 11.4 Å². The molecule has 29 heavy (non-hydrogen) atoms. The quantitative estimate of drug-likeness (QED) is 0.449. The van der Waals surface area contributed by atoms with Crippen LogP contribution in [0.5, 0.6) is 5.75 Å². The Morgan fingerprint density at radius 1 is 1.07 bits per heavy atom. The Hall–Kier alpha value is -3.40. The second-order valence-corrected chi connectivity index (χ2v) is 6.57. The van der Waals surface area contributed by atoms with E-state index >= 15 is 0 Å². The SMILES string of the molecule is COc1c(F)c(F)cc(C(=O)Nc2csc(-c3ccc(F)cc3)c2C(=O)O)c1F. The molecule has 0 bridgehead atoms. The number of halogens is 4. The second-order valence-electron chi connectivity index (χ2n) is 5.69. The van der Waals surface area contributed by atoms with Gasteiger partial charge in [0, 0.05) is 5.38 Å². The maximum absolute atomic E-state index is 14.3. The number of amides is 1. The highest BCUT2D eigenvalue weighted by atomic mass is 32.1. The predicted octanol–water partition coefficient (Wildman–Crippen LogP) is 4.93. The van der Waals surface area contributed by atoms with Crippen LogP contribution < -0.4 is 10.1 Å². The predicted molar refractivity (Wildman–Crippen MR) is 97.5 cm³/mol. The van der Waals surface area contributed by atoms with Gasteiger partial charge in [0.25, 0.3) is 5.91 Å². The number of anilines is 1. The number of aromatic carboxylic acids is 1. The van der Waals surface area contributed by atoms with Crippen molar-refractivity contribution in [2.45, 2.75) is 0 Å². The Morgan fingerprint density at radius 3 is 2.31 bits per heavy atom. The van der Waals surface area contributed by atoms with E-state index in [-0.39, 0.29) is 16.1 Å². The fourth-order valence-electron chi connectivity index (χ4n) is 2.59. The van der Waals surface area contributed by atoms with Crippen LogP contribution >= 0.6 is 11.3 Å². The number of hydrogen-bond acceptors (Lipinski definition) is 4. The molecule has 10 heteroatoms. The van der Waals surface area contributed by atoms with E-state index in [1.807, 2.05) is 0 Å². The van der Waals surface area contributed by atoms with Gasteiger partial charge >= 0.3 is 5.97 Å². The molecule has 150 valence electrons. The van der Waals surface area contributed by atoms with Gasteiger partial charge < -0.3 is 15.2 Å². The van der Waals surface area contributed by atoms with Crippen molar-refractivity contribution in [1.29, 1.82) is 0 Å². The Morgan fingerprint density at radius 2 is 1.72 bits per heavy atom. The summed E-state index contributed by atoms with van der Waals surface area (Å²) in [4.78, 5) is 24.3. The van der Waals surface area contributed by atoms with E-state index in [0.29, 0.717) is 11.6 Å². The van der Waals surface area contributed by atoms with Gasteiger partial charge in [-0.25, -0.2) is 18.0 Å². The van der Waals surface area contributed by atoms with Crippen molar-refractivity contribution in [3.8, 4) is 16.2 Å². The average molecular weight is 425 g/mol. The Bertz CT molecular complexity index is 1110. The highest BCUT2D eigenvalue weighted by Crippen LogP contribution is 2.37.